The quantitative estimate of drug-likeness (QED) is 0.319. The molecule has 2 N–H and O–H groups in total. The van der Waals surface area contributed by atoms with Crippen LogP contribution in [0.4, 0.5) is 0 Å². The second-order valence-electron chi connectivity index (χ2n) is 6.44. The number of ether oxygens (including phenoxy) is 1. The number of carbonyl (C=O) groups excluding carboxylic acids is 2. The predicted molar refractivity (Wildman–Crippen MR) is 127 cm³/mol. The van der Waals surface area contributed by atoms with Crippen molar-refractivity contribution in [3.63, 3.8) is 0 Å². The molecule has 0 radical (unpaired) electrons. The molecule has 8 heteroatoms. The monoisotopic (exact) mass is 543 g/mol. The van der Waals surface area contributed by atoms with Gasteiger partial charge in [-0.15, -0.1) is 0 Å². The van der Waals surface area contributed by atoms with E-state index in [2.05, 4.69) is 47.7 Å². The lowest BCUT2D eigenvalue weighted by Gasteiger charge is -2.09. The Kier molecular flexibility index (Phi) is 8.37. The van der Waals surface area contributed by atoms with Crippen molar-refractivity contribution in [2.45, 2.75) is 6.61 Å². The average Bonchev–Trinajstić information content (AvgIpc) is 2.78. The lowest BCUT2D eigenvalue weighted by molar-refractivity contribution is -0.120. The molecule has 0 aliphatic heterocycles. The second kappa shape index (κ2) is 11.4. The molecule has 0 aliphatic rings. The summed E-state index contributed by atoms with van der Waals surface area (Å²) in [7, 11) is 0. The first-order valence-corrected chi connectivity index (χ1v) is 10.9. The van der Waals surface area contributed by atoms with Crippen LogP contribution in [0.15, 0.2) is 86.8 Å². The molecule has 0 atom stereocenters. The molecule has 158 valence electrons. The van der Waals surface area contributed by atoms with Crippen molar-refractivity contribution < 1.29 is 14.3 Å². The molecule has 0 bridgehead atoms. The van der Waals surface area contributed by atoms with Crippen LogP contribution in [-0.2, 0) is 11.4 Å². The fourth-order valence-electron chi connectivity index (χ4n) is 2.57. The highest BCUT2D eigenvalue weighted by Crippen LogP contribution is 2.18. The number of rotatable bonds is 8. The van der Waals surface area contributed by atoms with Gasteiger partial charge in [0.15, 0.2) is 0 Å². The van der Waals surface area contributed by atoms with Gasteiger partial charge in [0.05, 0.1) is 12.8 Å². The average molecular weight is 545 g/mol. The first kappa shape index (κ1) is 22.7. The maximum absolute atomic E-state index is 12.1. The highest BCUT2D eigenvalue weighted by molar-refractivity contribution is 9.10. The van der Waals surface area contributed by atoms with Crippen LogP contribution in [0, 0.1) is 0 Å². The zero-order valence-corrected chi connectivity index (χ0v) is 19.5. The Bertz CT molecular complexity index is 1090. The van der Waals surface area contributed by atoms with Crippen molar-refractivity contribution >= 4 is 49.9 Å². The van der Waals surface area contributed by atoms with E-state index in [4.69, 9.17) is 4.74 Å². The number of para-hydroxylation sites is 1. The molecule has 0 aromatic heterocycles. The molecule has 0 saturated carbocycles. The number of hydrogen-bond donors (Lipinski definition) is 2. The highest BCUT2D eigenvalue weighted by Gasteiger charge is 2.08. The number of halogens is 2. The van der Waals surface area contributed by atoms with Crippen molar-refractivity contribution in [3.05, 3.63) is 98.4 Å². The minimum Gasteiger partial charge on any atom is -0.488 e. The molecule has 0 aliphatic carbocycles. The molecule has 0 saturated heterocycles. The van der Waals surface area contributed by atoms with E-state index in [1.54, 1.807) is 18.2 Å². The van der Waals surface area contributed by atoms with Crippen molar-refractivity contribution in [2.24, 2.45) is 5.10 Å². The number of hydrogen-bond acceptors (Lipinski definition) is 4. The van der Waals surface area contributed by atoms with E-state index in [9.17, 15) is 9.59 Å². The van der Waals surface area contributed by atoms with Crippen LogP contribution in [0.25, 0.3) is 0 Å². The van der Waals surface area contributed by atoms with Gasteiger partial charge in [0.2, 0.25) is 0 Å². The number of hydrazone groups is 1. The van der Waals surface area contributed by atoms with Crippen molar-refractivity contribution in [2.75, 3.05) is 6.54 Å². The maximum Gasteiger partial charge on any atom is 0.259 e. The summed E-state index contributed by atoms with van der Waals surface area (Å²) >= 11 is 6.72. The molecule has 3 aromatic carbocycles. The van der Waals surface area contributed by atoms with Crippen molar-refractivity contribution in [3.8, 4) is 5.75 Å². The summed E-state index contributed by atoms with van der Waals surface area (Å²) in [5.41, 5.74) is 4.62. The number of nitrogens with zero attached hydrogens (tertiary/aromatic N) is 1. The summed E-state index contributed by atoms with van der Waals surface area (Å²) in [5.74, 6) is -0.133. The first-order chi connectivity index (χ1) is 15.0. The van der Waals surface area contributed by atoms with Crippen LogP contribution in [0.5, 0.6) is 5.75 Å². The molecule has 2 amide bonds. The summed E-state index contributed by atoms with van der Waals surface area (Å²) < 4.78 is 7.67. The minimum absolute atomic E-state index is 0.190. The van der Waals surface area contributed by atoms with E-state index in [1.165, 1.54) is 6.21 Å². The zero-order valence-electron chi connectivity index (χ0n) is 16.3. The third-order valence-electron chi connectivity index (χ3n) is 4.12. The topological polar surface area (TPSA) is 79.8 Å². The number of carbonyl (C=O) groups is 2. The number of benzene rings is 3. The molecule has 31 heavy (non-hydrogen) atoms. The van der Waals surface area contributed by atoms with E-state index in [-0.39, 0.29) is 12.5 Å². The Hall–Kier alpha value is -2.97. The van der Waals surface area contributed by atoms with Gasteiger partial charge in [-0.1, -0.05) is 62.2 Å². The van der Waals surface area contributed by atoms with Crippen molar-refractivity contribution in [1.82, 2.24) is 10.7 Å². The Balaban J connectivity index is 1.50. The van der Waals surface area contributed by atoms with Gasteiger partial charge in [-0.25, -0.2) is 5.43 Å². The van der Waals surface area contributed by atoms with Crippen LogP contribution in [-0.4, -0.2) is 24.6 Å². The predicted octanol–water partition coefficient (Wildman–Crippen LogP) is 4.67. The van der Waals surface area contributed by atoms with E-state index >= 15 is 0 Å². The Morgan fingerprint density at radius 2 is 1.71 bits per heavy atom. The van der Waals surface area contributed by atoms with Gasteiger partial charge in [-0.2, -0.15) is 5.10 Å². The molecule has 0 spiro atoms. The molecule has 0 heterocycles. The molecular weight excluding hydrogens is 526 g/mol. The van der Waals surface area contributed by atoms with Gasteiger partial charge < -0.3 is 10.1 Å². The van der Waals surface area contributed by atoms with E-state index < -0.39 is 5.91 Å². The van der Waals surface area contributed by atoms with E-state index in [0.717, 1.165) is 20.1 Å². The third-order valence-corrected chi connectivity index (χ3v) is 5.14. The van der Waals surface area contributed by atoms with Crippen LogP contribution < -0.4 is 15.5 Å². The Labute approximate surface area is 197 Å². The standard InChI is InChI=1S/C23H19Br2N3O3/c24-19-10-8-16(9-11-19)15-31-21-7-2-1-4-18(21)13-27-28-22(29)14-26-23(30)17-5-3-6-20(25)12-17/h1-13H,14-15H2,(H,26,30)(H,28,29)/b27-13+. The summed E-state index contributed by atoms with van der Waals surface area (Å²) in [6, 6.07) is 22.2. The second-order valence-corrected chi connectivity index (χ2v) is 8.27. The van der Waals surface area contributed by atoms with Gasteiger partial charge in [0.25, 0.3) is 11.8 Å². The SMILES string of the molecule is O=C(CNC(=O)c1cccc(Br)c1)N/N=C/c1ccccc1OCc1ccc(Br)cc1. The lowest BCUT2D eigenvalue weighted by Crippen LogP contribution is -2.34. The lowest BCUT2D eigenvalue weighted by atomic mass is 10.2. The molecule has 0 fully saturated rings. The summed E-state index contributed by atoms with van der Waals surface area (Å²) in [6.07, 6.45) is 1.50. The largest absolute Gasteiger partial charge is 0.488 e. The minimum atomic E-state index is -0.437. The zero-order chi connectivity index (χ0) is 22.1. The van der Waals surface area contributed by atoms with E-state index in [1.807, 2.05) is 54.6 Å². The highest BCUT2D eigenvalue weighted by atomic mass is 79.9. The summed E-state index contributed by atoms with van der Waals surface area (Å²) in [4.78, 5) is 24.1. The number of amides is 2. The normalized spacial score (nSPS) is 10.6. The Morgan fingerprint density at radius 3 is 2.48 bits per heavy atom. The van der Waals surface area contributed by atoms with Gasteiger partial charge in [-0.05, 0) is 48.0 Å². The fourth-order valence-corrected chi connectivity index (χ4v) is 3.23. The Morgan fingerprint density at radius 1 is 0.935 bits per heavy atom. The third kappa shape index (κ3) is 7.34. The molecule has 0 unspecified atom stereocenters. The first-order valence-electron chi connectivity index (χ1n) is 9.33. The summed E-state index contributed by atoms with van der Waals surface area (Å²) in [5, 5.41) is 6.52. The van der Waals surface area contributed by atoms with Gasteiger partial charge >= 0.3 is 0 Å². The van der Waals surface area contributed by atoms with E-state index in [0.29, 0.717) is 17.9 Å². The molecule has 3 rings (SSSR count). The number of nitrogens with one attached hydrogen (secondary N) is 2. The molecular formula is C23H19Br2N3O3. The van der Waals surface area contributed by atoms with Crippen LogP contribution in [0.2, 0.25) is 0 Å². The van der Waals surface area contributed by atoms with Crippen LogP contribution in [0.1, 0.15) is 21.5 Å². The van der Waals surface area contributed by atoms with Crippen LogP contribution >= 0.6 is 31.9 Å². The molecule has 3 aromatic rings. The maximum atomic E-state index is 12.1. The van der Waals surface area contributed by atoms with Gasteiger partial charge in [0.1, 0.15) is 12.4 Å². The van der Waals surface area contributed by atoms with Gasteiger partial charge in [-0.3, -0.25) is 9.59 Å². The van der Waals surface area contributed by atoms with Crippen molar-refractivity contribution in [1.29, 1.82) is 0 Å². The molecule has 6 nitrogen and oxygen atoms in total. The fraction of sp³-hybridized carbons (Fsp3) is 0.0870. The van der Waals surface area contributed by atoms with Gasteiger partial charge in [0, 0.05) is 20.1 Å². The summed E-state index contributed by atoms with van der Waals surface area (Å²) in [6.45, 7) is 0.219. The van der Waals surface area contributed by atoms with Crippen LogP contribution in [0.3, 0.4) is 0 Å². The smallest absolute Gasteiger partial charge is 0.259 e.